The lowest BCUT2D eigenvalue weighted by Crippen LogP contribution is -2.22. The molecule has 1 aromatic carbocycles. The number of anilines is 1. The zero-order valence-electron chi connectivity index (χ0n) is 11.1. The van der Waals surface area contributed by atoms with Gasteiger partial charge in [-0.15, -0.1) is 0 Å². The molecule has 7 heteroatoms. The number of halogens is 1. The lowest BCUT2D eigenvalue weighted by molar-refractivity contribution is -0.384. The van der Waals surface area contributed by atoms with Gasteiger partial charge in [-0.25, -0.2) is 0 Å². The van der Waals surface area contributed by atoms with E-state index in [0.29, 0.717) is 6.54 Å². The average Bonchev–Trinajstić information content (AvgIpc) is 2.35. The van der Waals surface area contributed by atoms with Crippen molar-refractivity contribution in [1.82, 2.24) is 4.90 Å². The first kappa shape index (κ1) is 15.2. The van der Waals surface area contributed by atoms with Gasteiger partial charge in [-0.05, 0) is 12.5 Å². The highest BCUT2D eigenvalue weighted by molar-refractivity contribution is 6.34. The molecule has 0 saturated heterocycles. The highest BCUT2D eigenvalue weighted by Crippen LogP contribution is 2.34. The number of rotatable bonds is 5. The third kappa shape index (κ3) is 3.57. The molecule has 1 N–H and O–H groups in total. The number of nitro benzene ring substituents is 1. The summed E-state index contributed by atoms with van der Waals surface area (Å²) in [5.41, 5.74) is 0.263. The fraction of sp³-hybridized carbons (Fsp3) is 0.417. The van der Waals surface area contributed by atoms with Gasteiger partial charge in [-0.3, -0.25) is 14.9 Å². The molecule has 0 aliphatic rings. The number of benzene rings is 1. The van der Waals surface area contributed by atoms with Crippen LogP contribution in [0.5, 0.6) is 0 Å². The van der Waals surface area contributed by atoms with E-state index in [-0.39, 0.29) is 27.9 Å². The number of nitrogens with one attached hydrogen (secondary N) is 1. The Morgan fingerprint density at radius 1 is 1.47 bits per heavy atom. The summed E-state index contributed by atoms with van der Waals surface area (Å²) >= 11 is 6.03. The second-order valence-corrected chi connectivity index (χ2v) is 4.64. The molecule has 1 aromatic rings. The molecule has 19 heavy (non-hydrogen) atoms. The van der Waals surface area contributed by atoms with Gasteiger partial charge in [0.2, 0.25) is 0 Å². The van der Waals surface area contributed by atoms with Crippen molar-refractivity contribution < 1.29 is 9.72 Å². The fourth-order valence-corrected chi connectivity index (χ4v) is 1.82. The smallest absolute Gasteiger partial charge is 0.294 e. The van der Waals surface area contributed by atoms with Crippen molar-refractivity contribution >= 4 is 28.9 Å². The minimum atomic E-state index is -0.545. The van der Waals surface area contributed by atoms with E-state index in [2.05, 4.69) is 5.32 Å². The fourth-order valence-electron chi connectivity index (χ4n) is 1.54. The summed E-state index contributed by atoms with van der Waals surface area (Å²) < 4.78 is 0. The van der Waals surface area contributed by atoms with Gasteiger partial charge in [0.15, 0.2) is 0 Å². The van der Waals surface area contributed by atoms with Crippen molar-refractivity contribution in [3.8, 4) is 0 Å². The molecule has 0 aliphatic carbocycles. The van der Waals surface area contributed by atoms with Gasteiger partial charge in [0.05, 0.1) is 9.95 Å². The van der Waals surface area contributed by atoms with E-state index in [1.807, 2.05) is 6.92 Å². The first-order chi connectivity index (χ1) is 8.88. The number of carbonyl (C=O) groups excluding carboxylic acids is 1. The Bertz CT molecular complexity index is 503. The van der Waals surface area contributed by atoms with Crippen LogP contribution >= 0.6 is 11.6 Å². The molecule has 1 rings (SSSR count). The maximum Gasteiger partial charge on any atom is 0.294 e. The largest absolute Gasteiger partial charge is 0.378 e. The lowest BCUT2D eigenvalue weighted by atomic mass is 10.1. The highest BCUT2D eigenvalue weighted by Gasteiger charge is 2.21. The minimum Gasteiger partial charge on any atom is -0.378 e. The maximum atomic E-state index is 11.8. The standard InChI is InChI=1S/C12H16ClN3O3/c1-4-5-14-11-9(13)6-8(12(17)15(2)3)7-10(11)16(18)19/h6-7,14H,4-5H2,1-3H3. The normalized spacial score (nSPS) is 10.1. The molecule has 0 heterocycles. The Hall–Kier alpha value is -1.82. The molecule has 0 aliphatic heterocycles. The maximum absolute atomic E-state index is 11.8. The quantitative estimate of drug-likeness (QED) is 0.667. The monoisotopic (exact) mass is 285 g/mol. The van der Waals surface area contributed by atoms with Crippen molar-refractivity contribution in [2.45, 2.75) is 13.3 Å². The Morgan fingerprint density at radius 3 is 2.58 bits per heavy atom. The van der Waals surface area contributed by atoms with E-state index in [1.165, 1.54) is 17.0 Å². The topological polar surface area (TPSA) is 75.5 Å². The van der Waals surface area contributed by atoms with E-state index in [0.717, 1.165) is 6.42 Å². The molecule has 0 unspecified atom stereocenters. The number of hydrogen-bond acceptors (Lipinski definition) is 4. The summed E-state index contributed by atoms with van der Waals surface area (Å²) in [6.45, 7) is 2.51. The predicted molar refractivity (Wildman–Crippen MR) is 74.9 cm³/mol. The van der Waals surface area contributed by atoms with Crippen molar-refractivity contribution in [3.63, 3.8) is 0 Å². The van der Waals surface area contributed by atoms with Crippen molar-refractivity contribution in [1.29, 1.82) is 0 Å². The summed E-state index contributed by atoms with van der Waals surface area (Å²) in [6, 6.07) is 2.68. The molecule has 0 radical (unpaired) electrons. The Morgan fingerprint density at radius 2 is 2.11 bits per heavy atom. The summed E-state index contributed by atoms with van der Waals surface area (Å²) in [5.74, 6) is -0.327. The van der Waals surface area contributed by atoms with Crippen molar-refractivity contribution in [2.24, 2.45) is 0 Å². The van der Waals surface area contributed by atoms with Crippen LogP contribution in [0.15, 0.2) is 12.1 Å². The number of amides is 1. The SMILES string of the molecule is CCCNc1c(Cl)cc(C(=O)N(C)C)cc1[N+](=O)[O-]. The van der Waals surface area contributed by atoms with Crippen LogP contribution in [0.3, 0.4) is 0 Å². The zero-order chi connectivity index (χ0) is 14.6. The van der Waals surface area contributed by atoms with Crippen LogP contribution in [0.25, 0.3) is 0 Å². The first-order valence-electron chi connectivity index (χ1n) is 5.82. The average molecular weight is 286 g/mol. The zero-order valence-corrected chi connectivity index (χ0v) is 11.8. The molecule has 0 spiro atoms. The van der Waals surface area contributed by atoms with Crippen LogP contribution < -0.4 is 5.32 Å². The molecule has 1 amide bonds. The minimum absolute atomic E-state index is 0.174. The predicted octanol–water partition coefficient (Wildman–Crippen LogP) is 2.77. The third-order valence-electron chi connectivity index (χ3n) is 2.47. The molecular weight excluding hydrogens is 270 g/mol. The molecule has 104 valence electrons. The van der Waals surface area contributed by atoms with E-state index < -0.39 is 4.92 Å². The molecule has 0 saturated carbocycles. The number of hydrogen-bond donors (Lipinski definition) is 1. The summed E-state index contributed by atoms with van der Waals surface area (Å²) in [7, 11) is 3.15. The molecule has 0 fully saturated rings. The van der Waals surface area contributed by atoms with E-state index >= 15 is 0 Å². The Labute approximate surface area is 116 Å². The van der Waals surface area contributed by atoms with Gasteiger partial charge in [-0.1, -0.05) is 18.5 Å². The van der Waals surface area contributed by atoms with Crippen LogP contribution in [0, 0.1) is 10.1 Å². The number of nitrogens with zero attached hydrogens (tertiary/aromatic N) is 2. The van der Waals surface area contributed by atoms with E-state index in [1.54, 1.807) is 14.1 Å². The summed E-state index contributed by atoms with van der Waals surface area (Å²) in [6.07, 6.45) is 0.811. The van der Waals surface area contributed by atoms with Crippen LogP contribution in [-0.4, -0.2) is 36.4 Å². The molecule has 0 aromatic heterocycles. The van der Waals surface area contributed by atoms with Gasteiger partial charge in [0.1, 0.15) is 5.69 Å². The number of nitro groups is 1. The van der Waals surface area contributed by atoms with Gasteiger partial charge in [0.25, 0.3) is 11.6 Å². The Balaban J connectivity index is 3.29. The van der Waals surface area contributed by atoms with Crippen LogP contribution in [0.2, 0.25) is 5.02 Å². The molecule has 0 atom stereocenters. The Kier molecular flexibility index (Phi) is 5.11. The van der Waals surface area contributed by atoms with Gasteiger partial charge >= 0.3 is 0 Å². The summed E-state index contributed by atoms with van der Waals surface area (Å²) in [4.78, 5) is 23.7. The van der Waals surface area contributed by atoms with Crippen LogP contribution in [-0.2, 0) is 0 Å². The molecule has 0 bridgehead atoms. The second kappa shape index (κ2) is 6.38. The van der Waals surface area contributed by atoms with Crippen LogP contribution in [0.1, 0.15) is 23.7 Å². The third-order valence-corrected chi connectivity index (χ3v) is 2.77. The number of carbonyl (C=O) groups is 1. The van der Waals surface area contributed by atoms with Crippen LogP contribution in [0.4, 0.5) is 11.4 Å². The lowest BCUT2D eigenvalue weighted by Gasteiger charge is -2.13. The highest BCUT2D eigenvalue weighted by atomic mass is 35.5. The van der Waals surface area contributed by atoms with Crippen molar-refractivity contribution in [3.05, 3.63) is 32.8 Å². The molecular formula is C12H16ClN3O3. The van der Waals surface area contributed by atoms with Gasteiger partial charge < -0.3 is 10.2 Å². The van der Waals surface area contributed by atoms with E-state index in [9.17, 15) is 14.9 Å². The second-order valence-electron chi connectivity index (χ2n) is 4.24. The summed E-state index contributed by atoms with van der Waals surface area (Å²) in [5, 5.41) is 14.1. The van der Waals surface area contributed by atoms with E-state index in [4.69, 9.17) is 11.6 Å². The van der Waals surface area contributed by atoms with Gasteiger partial charge in [0, 0.05) is 32.3 Å². The van der Waals surface area contributed by atoms with Gasteiger partial charge in [-0.2, -0.15) is 0 Å². The molecule has 6 nitrogen and oxygen atoms in total. The first-order valence-corrected chi connectivity index (χ1v) is 6.19. The van der Waals surface area contributed by atoms with Crippen molar-refractivity contribution in [2.75, 3.05) is 26.0 Å².